The highest BCUT2D eigenvalue weighted by Gasteiger charge is 2.07. The predicted octanol–water partition coefficient (Wildman–Crippen LogP) is 2.41. The normalized spacial score (nSPS) is 12.4. The number of hydrogen-bond acceptors (Lipinski definition) is 7. The van der Waals surface area contributed by atoms with Gasteiger partial charge in [-0.1, -0.05) is 36.0 Å². The Hall–Kier alpha value is -2.16. The highest BCUT2D eigenvalue weighted by molar-refractivity contribution is 7.99. The van der Waals surface area contributed by atoms with E-state index in [1.54, 1.807) is 23.4 Å². The summed E-state index contributed by atoms with van der Waals surface area (Å²) in [6.45, 7) is 3.25. The largest absolute Gasteiger partial charge is 0.460 e. The number of tetrazole rings is 1. The summed E-state index contributed by atoms with van der Waals surface area (Å²) < 4.78 is 7.53. The number of nitrogens with zero attached hydrogens (tertiary/aromatic N) is 4. The third-order valence-electron chi connectivity index (χ3n) is 3.73. The molecule has 2 heterocycles. The molecular weight excluding hydrogens is 338 g/mol. The number of rotatable bonds is 8. The second-order valence-electron chi connectivity index (χ2n) is 5.67. The van der Waals surface area contributed by atoms with E-state index < -0.39 is 6.10 Å². The number of benzene rings is 1. The molecule has 8 heteroatoms. The van der Waals surface area contributed by atoms with Gasteiger partial charge >= 0.3 is 0 Å². The van der Waals surface area contributed by atoms with Gasteiger partial charge in [-0.3, -0.25) is 0 Å². The Bertz CT molecular complexity index is 797. The maximum atomic E-state index is 9.56. The van der Waals surface area contributed by atoms with Gasteiger partial charge in [0, 0.05) is 24.9 Å². The summed E-state index contributed by atoms with van der Waals surface area (Å²) in [4.78, 5) is 0. The Morgan fingerprint density at radius 1 is 1.24 bits per heavy atom. The fourth-order valence-electron chi connectivity index (χ4n) is 2.32. The molecule has 2 N–H and O–H groups in total. The molecule has 1 aromatic carbocycles. The van der Waals surface area contributed by atoms with Crippen molar-refractivity contribution in [2.75, 3.05) is 12.3 Å². The molecule has 7 nitrogen and oxygen atoms in total. The lowest BCUT2D eigenvalue weighted by Gasteiger charge is -2.05. The molecule has 0 aliphatic carbocycles. The zero-order valence-electron chi connectivity index (χ0n) is 14.2. The molecule has 0 unspecified atom stereocenters. The number of hydrogen-bond donors (Lipinski definition) is 2. The highest BCUT2D eigenvalue weighted by Crippen LogP contribution is 2.24. The fourth-order valence-corrected chi connectivity index (χ4v) is 3.07. The van der Waals surface area contributed by atoms with E-state index in [4.69, 9.17) is 4.42 Å². The first kappa shape index (κ1) is 17.7. The second-order valence-corrected chi connectivity index (χ2v) is 6.74. The first-order valence-electron chi connectivity index (χ1n) is 8.06. The standard InChI is InChI=1S/C17H21N5O2S/c1-12(23)13-3-5-14(6-4-13)16-8-7-15(24-16)11-18-9-10-25-17-19-20-21-22(17)2/h3-8,12,18,23H,9-11H2,1-2H3/t12-/m0/s1. The van der Waals surface area contributed by atoms with E-state index in [2.05, 4.69) is 20.8 Å². The molecule has 0 bridgehead atoms. The number of nitrogens with one attached hydrogen (secondary N) is 1. The molecule has 0 aliphatic heterocycles. The molecule has 2 aromatic heterocycles. The molecule has 3 aromatic rings. The highest BCUT2D eigenvalue weighted by atomic mass is 32.2. The SMILES string of the molecule is C[C@H](O)c1ccc(-c2ccc(CNCCSc3nnnn3C)o2)cc1. The average Bonchev–Trinajstić information content (AvgIpc) is 3.24. The Kier molecular flexibility index (Phi) is 5.85. The van der Waals surface area contributed by atoms with Crippen LogP contribution in [0.15, 0.2) is 46.0 Å². The minimum atomic E-state index is -0.458. The van der Waals surface area contributed by atoms with Crippen LogP contribution >= 0.6 is 11.8 Å². The molecule has 25 heavy (non-hydrogen) atoms. The third kappa shape index (κ3) is 4.68. The molecule has 0 spiro atoms. The van der Waals surface area contributed by atoms with Crippen molar-refractivity contribution in [3.05, 3.63) is 47.7 Å². The van der Waals surface area contributed by atoms with Gasteiger partial charge in [-0.2, -0.15) is 0 Å². The summed E-state index contributed by atoms with van der Waals surface area (Å²) in [7, 11) is 1.83. The van der Waals surface area contributed by atoms with E-state index >= 15 is 0 Å². The van der Waals surface area contributed by atoms with Crippen molar-refractivity contribution in [1.82, 2.24) is 25.5 Å². The van der Waals surface area contributed by atoms with Gasteiger partial charge in [-0.25, -0.2) is 4.68 Å². The number of aliphatic hydroxyl groups is 1. The van der Waals surface area contributed by atoms with Gasteiger partial charge in [0.2, 0.25) is 5.16 Å². The zero-order chi connectivity index (χ0) is 17.6. The third-order valence-corrected chi connectivity index (χ3v) is 4.74. The van der Waals surface area contributed by atoms with Gasteiger partial charge in [-0.15, -0.1) is 5.10 Å². The predicted molar refractivity (Wildman–Crippen MR) is 96.0 cm³/mol. The molecule has 0 radical (unpaired) electrons. The molecule has 0 fully saturated rings. The van der Waals surface area contributed by atoms with Crippen LogP contribution < -0.4 is 5.32 Å². The summed E-state index contributed by atoms with van der Waals surface area (Å²) in [6, 6.07) is 11.7. The quantitative estimate of drug-likeness (QED) is 0.471. The van der Waals surface area contributed by atoms with Crippen LogP contribution in [0.3, 0.4) is 0 Å². The first-order chi connectivity index (χ1) is 12.1. The van der Waals surface area contributed by atoms with E-state index in [0.29, 0.717) is 6.54 Å². The minimum Gasteiger partial charge on any atom is -0.460 e. The summed E-state index contributed by atoms with van der Waals surface area (Å²) >= 11 is 1.61. The zero-order valence-corrected chi connectivity index (χ0v) is 15.0. The number of furan rings is 1. The molecule has 0 saturated carbocycles. The van der Waals surface area contributed by atoms with Gasteiger partial charge in [-0.05, 0) is 35.0 Å². The Labute approximate surface area is 150 Å². The average molecular weight is 359 g/mol. The smallest absolute Gasteiger partial charge is 0.209 e. The van der Waals surface area contributed by atoms with Crippen LogP contribution in [-0.4, -0.2) is 37.6 Å². The molecular formula is C17H21N5O2S. The molecule has 3 rings (SSSR count). The lowest BCUT2D eigenvalue weighted by molar-refractivity contribution is 0.199. The topological polar surface area (TPSA) is 89.0 Å². The first-order valence-corrected chi connectivity index (χ1v) is 9.05. The van der Waals surface area contributed by atoms with Crippen LogP contribution in [0.2, 0.25) is 0 Å². The molecule has 0 saturated heterocycles. The van der Waals surface area contributed by atoms with Crippen molar-refractivity contribution < 1.29 is 9.52 Å². The van der Waals surface area contributed by atoms with Gasteiger partial charge in [0.15, 0.2) is 0 Å². The van der Waals surface area contributed by atoms with Crippen molar-refractivity contribution >= 4 is 11.8 Å². The lowest BCUT2D eigenvalue weighted by Crippen LogP contribution is -2.16. The molecule has 1 atom stereocenters. The maximum Gasteiger partial charge on any atom is 0.209 e. The van der Waals surface area contributed by atoms with Crippen LogP contribution in [-0.2, 0) is 13.6 Å². The molecule has 0 amide bonds. The van der Waals surface area contributed by atoms with E-state index in [-0.39, 0.29) is 0 Å². The fraction of sp³-hybridized carbons (Fsp3) is 0.353. The van der Waals surface area contributed by atoms with Crippen LogP contribution in [0.1, 0.15) is 24.4 Å². The number of aliphatic hydroxyl groups excluding tert-OH is 1. The second kappa shape index (κ2) is 8.28. The Morgan fingerprint density at radius 2 is 2.04 bits per heavy atom. The Morgan fingerprint density at radius 3 is 2.72 bits per heavy atom. The number of aromatic nitrogens is 4. The summed E-state index contributed by atoms with van der Waals surface area (Å²) in [5.74, 6) is 2.59. The summed E-state index contributed by atoms with van der Waals surface area (Å²) in [5, 5.41) is 25.0. The van der Waals surface area contributed by atoms with Crippen molar-refractivity contribution in [3.63, 3.8) is 0 Å². The maximum absolute atomic E-state index is 9.56. The van der Waals surface area contributed by atoms with E-state index in [0.717, 1.165) is 40.1 Å². The van der Waals surface area contributed by atoms with Crippen molar-refractivity contribution in [3.8, 4) is 11.3 Å². The van der Waals surface area contributed by atoms with Crippen LogP contribution in [0.4, 0.5) is 0 Å². The van der Waals surface area contributed by atoms with Gasteiger partial charge in [0.25, 0.3) is 0 Å². The molecule has 132 valence electrons. The lowest BCUT2D eigenvalue weighted by atomic mass is 10.1. The van der Waals surface area contributed by atoms with Gasteiger partial charge < -0.3 is 14.8 Å². The molecule has 0 aliphatic rings. The van der Waals surface area contributed by atoms with E-state index in [9.17, 15) is 5.11 Å². The van der Waals surface area contributed by atoms with E-state index in [1.165, 1.54) is 0 Å². The van der Waals surface area contributed by atoms with Crippen LogP contribution in [0.25, 0.3) is 11.3 Å². The van der Waals surface area contributed by atoms with E-state index in [1.807, 2.05) is 43.4 Å². The summed E-state index contributed by atoms with van der Waals surface area (Å²) in [6.07, 6.45) is -0.458. The summed E-state index contributed by atoms with van der Waals surface area (Å²) in [5.41, 5.74) is 1.90. The Balaban J connectivity index is 1.46. The monoisotopic (exact) mass is 359 g/mol. The van der Waals surface area contributed by atoms with Crippen molar-refractivity contribution in [1.29, 1.82) is 0 Å². The van der Waals surface area contributed by atoms with Gasteiger partial charge in [0.05, 0.1) is 12.6 Å². The van der Waals surface area contributed by atoms with Gasteiger partial charge in [0.1, 0.15) is 11.5 Å². The van der Waals surface area contributed by atoms with Crippen molar-refractivity contribution in [2.45, 2.75) is 24.7 Å². The number of aryl methyl sites for hydroxylation is 1. The van der Waals surface area contributed by atoms with Crippen LogP contribution in [0.5, 0.6) is 0 Å². The van der Waals surface area contributed by atoms with Crippen LogP contribution in [0, 0.1) is 0 Å². The number of thioether (sulfide) groups is 1. The minimum absolute atomic E-state index is 0.458. The van der Waals surface area contributed by atoms with Crippen molar-refractivity contribution in [2.24, 2.45) is 7.05 Å².